The van der Waals surface area contributed by atoms with Crippen LogP contribution in [0.3, 0.4) is 0 Å². The molecule has 36 heavy (non-hydrogen) atoms. The Hall–Kier alpha value is -4.23. The van der Waals surface area contributed by atoms with Crippen LogP contribution in [0.4, 0.5) is 36.4 Å². The Morgan fingerprint density at radius 3 is 2.11 bits per heavy atom. The Morgan fingerprint density at radius 2 is 1.58 bits per heavy atom. The van der Waals surface area contributed by atoms with Gasteiger partial charge in [-0.2, -0.15) is 26.3 Å². The molecule has 0 aliphatic rings. The van der Waals surface area contributed by atoms with E-state index < -0.39 is 53.5 Å². The molecular weight excluding hydrogens is 501 g/mol. The fraction of sp³-hybridized carbons (Fsp3) is 0.182. The molecule has 0 fully saturated rings. The summed E-state index contributed by atoms with van der Waals surface area (Å²) in [6, 6.07) is 4.89. The monoisotopic (exact) mass is 516 g/mol. The predicted molar refractivity (Wildman–Crippen MR) is 111 cm³/mol. The van der Waals surface area contributed by atoms with Crippen molar-refractivity contribution < 1.29 is 45.1 Å². The number of pyridine rings is 2. The number of alkyl halides is 6. The molecule has 14 heteroatoms. The van der Waals surface area contributed by atoms with Gasteiger partial charge in [-0.1, -0.05) is 0 Å². The van der Waals surface area contributed by atoms with Crippen LogP contribution in [0.15, 0.2) is 48.8 Å². The highest BCUT2D eigenvalue weighted by Crippen LogP contribution is 2.38. The van der Waals surface area contributed by atoms with Gasteiger partial charge in [0.2, 0.25) is 5.91 Å². The lowest BCUT2D eigenvalue weighted by Crippen LogP contribution is -2.39. The lowest BCUT2D eigenvalue weighted by molar-refractivity contribution is -0.150. The molecule has 0 unspecified atom stereocenters. The number of nitrogens with zero attached hydrogens (tertiary/aromatic N) is 3. The Bertz CT molecular complexity index is 1280. The number of nitrogens with two attached hydrogens (primary N) is 1. The Morgan fingerprint density at radius 1 is 0.972 bits per heavy atom. The van der Waals surface area contributed by atoms with E-state index >= 15 is 0 Å². The summed E-state index contributed by atoms with van der Waals surface area (Å²) in [5, 5.41) is 0. The number of hydrogen-bond acceptors (Lipinski definition) is 5. The first-order valence-electron chi connectivity index (χ1n) is 9.77. The summed E-state index contributed by atoms with van der Waals surface area (Å²) in [6.07, 6.45) is -8.34. The average molecular weight is 516 g/mol. The van der Waals surface area contributed by atoms with Crippen molar-refractivity contribution in [2.24, 2.45) is 5.73 Å². The molecule has 2 aromatic heterocycles. The van der Waals surface area contributed by atoms with E-state index in [1.807, 2.05) is 0 Å². The van der Waals surface area contributed by atoms with Gasteiger partial charge in [-0.25, -0.2) is 9.37 Å². The lowest BCUT2D eigenvalue weighted by atomic mass is 10.0. The summed E-state index contributed by atoms with van der Waals surface area (Å²) in [5.41, 5.74) is 0.272. The van der Waals surface area contributed by atoms with E-state index in [0.29, 0.717) is 4.90 Å². The van der Waals surface area contributed by atoms with E-state index in [0.717, 1.165) is 18.3 Å². The van der Waals surface area contributed by atoms with Gasteiger partial charge in [-0.05, 0) is 30.3 Å². The van der Waals surface area contributed by atoms with Crippen molar-refractivity contribution in [3.63, 3.8) is 0 Å². The van der Waals surface area contributed by atoms with Crippen LogP contribution in [0.1, 0.15) is 21.7 Å². The van der Waals surface area contributed by atoms with Crippen molar-refractivity contribution in [2.45, 2.75) is 12.4 Å². The number of methoxy groups -OCH3 is 1. The third-order valence-corrected chi connectivity index (χ3v) is 4.76. The molecule has 0 aliphatic heterocycles. The molecule has 7 nitrogen and oxygen atoms in total. The Kier molecular flexibility index (Phi) is 7.17. The predicted octanol–water partition coefficient (Wildman–Crippen LogP) is 4.46. The molecule has 2 N–H and O–H groups in total. The van der Waals surface area contributed by atoms with E-state index in [-0.39, 0.29) is 34.7 Å². The molecule has 3 rings (SSSR count). The SMILES string of the molecule is COc1cc(F)ccc1-c1ccncc1N(CC(N)=O)C(=O)c1cc(C(F)(F)F)nc(C(F)(F)F)c1. The Balaban J connectivity index is 2.23. The van der Waals surface area contributed by atoms with Gasteiger partial charge in [0.05, 0.1) is 19.0 Å². The summed E-state index contributed by atoms with van der Waals surface area (Å²) in [5.74, 6) is -3.25. The second-order valence-corrected chi connectivity index (χ2v) is 7.22. The van der Waals surface area contributed by atoms with Crippen molar-refractivity contribution in [1.29, 1.82) is 0 Å². The number of aromatic nitrogens is 2. The summed E-state index contributed by atoms with van der Waals surface area (Å²) in [4.78, 5) is 32.0. The second kappa shape index (κ2) is 9.79. The quantitative estimate of drug-likeness (QED) is 0.488. The summed E-state index contributed by atoms with van der Waals surface area (Å²) < 4.78 is 98.3. The smallest absolute Gasteiger partial charge is 0.433 e. The number of carbonyl (C=O) groups is 2. The van der Waals surface area contributed by atoms with Gasteiger partial charge < -0.3 is 10.5 Å². The van der Waals surface area contributed by atoms with Crippen LogP contribution in [0, 0.1) is 5.82 Å². The molecule has 0 spiro atoms. The molecule has 0 saturated heterocycles. The first-order chi connectivity index (χ1) is 16.7. The molecule has 0 saturated carbocycles. The molecule has 3 aromatic rings. The molecule has 0 atom stereocenters. The number of amides is 2. The van der Waals surface area contributed by atoms with Gasteiger partial charge in [0.1, 0.15) is 29.5 Å². The van der Waals surface area contributed by atoms with Crippen LogP contribution < -0.4 is 15.4 Å². The number of primary amides is 1. The minimum atomic E-state index is -5.31. The molecule has 0 radical (unpaired) electrons. The van der Waals surface area contributed by atoms with Crippen molar-refractivity contribution in [2.75, 3.05) is 18.6 Å². The van der Waals surface area contributed by atoms with E-state index in [4.69, 9.17) is 10.5 Å². The van der Waals surface area contributed by atoms with Crippen molar-refractivity contribution >= 4 is 17.5 Å². The van der Waals surface area contributed by atoms with Gasteiger partial charge in [-0.15, -0.1) is 0 Å². The molecule has 190 valence electrons. The summed E-state index contributed by atoms with van der Waals surface area (Å²) >= 11 is 0. The fourth-order valence-electron chi connectivity index (χ4n) is 3.24. The number of rotatable bonds is 6. The van der Waals surface area contributed by atoms with Gasteiger partial charge in [0.25, 0.3) is 5.91 Å². The van der Waals surface area contributed by atoms with E-state index in [2.05, 4.69) is 9.97 Å². The second-order valence-electron chi connectivity index (χ2n) is 7.22. The molecular formula is C22H15F7N4O3. The standard InChI is InChI=1S/C22H15F7N4O3/c1-36-16-8-12(23)2-3-14(16)13-4-5-31-9-15(13)33(10-19(30)34)20(35)11-6-17(21(24,25)26)32-18(7-11)22(27,28)29/h2-9H,10H2,1H3,(H2,30,34). The molecule has 0 aliphatic carbocycles. The zero-order valence-electron chi connectivity index (χ0n) is 18.1. The zero-order chi connectivity index (χ0) is 26.8. The number of halogens is 7. The third kappa shape index (κ3) is 5.70. The van der Waals surface area contributed by atoms with Gasteiger partial charge >= 0.3 is 12.4 Å². The number of carbonyl (C=O) groups excluding carboxylic acids is 2. The van der Waals surface area contributed by atoms with Crippen LogP contribution in [-0.4, -0.2) is 35.4 Å². The largest absolute Gasteiger partial charge is 0.496 e. The summed E-state index contributed by atoms with van der Waals surface area (Å²) in [6.45, 7) is -0.938. The van der Waals surface area contributed by atoms with E-state index in [9.17, 15) is 40.3 Å². The fourth-order valence-corrected chi connectivity index (χ4v) is 3.24. The van der Waals surface area contributed by atoms with E-state index in [1.165, 1.54) is 25.4 Å². The first kappa shape index (κ1) is 26.4. The number of anilines is 1. The topological polar surface area (TPSA) is 98.4 Å². The van der Waals surface area contributed by atoms with Crippen LogP contribution in [-0.2, 0) is 17.1 Å². The van der Waals surface area contributed by atoms with Crippen molar-refractivity contribution in [3.05, 3.63) is 71.6 Å². The minimum absolute atomic E-state index is 0.0171. The third-order valence-electron chi connectivity index (χ3n) is 4.76. The van der Waals surface area contributed by atoms with Crippen LogP contribution in [0.25, 0.3) is 11.1 Å². The number of benzene rings is 1. The minimum Gasteiger partial charge on any atom is -0.496 e. The normalized spacial score (nSPS) is 11.8. The lowest BCUT2D eigenvalue weighted by Gasteiger charge is -2.25. The number of hydrogen-bond donors (Lipinski definition) is 1. The molecule has 2 amide bonds. The van der Waals surface area contributed by atoms with Crippen LogP contribution >= 0.6 is 0 Å². The maximum absolute atomic E-state index is 13.7. The molecule has 1 aromatic carbocycles. The highest BCUT2D eigenvalue weighted by molar-refractivity contribution is 6.10. The average Bonchev–Trinajstić information content (AvgIpc) is 2.80. The molecule has 0 bridgehead atoms. The van der Waals surface area contributed by atoms with Crippen molar-refractivity contribution in [1.82, 2.24) is 9.97 Å². The van der Waals surface area contributed by atoms with Crippen LogP contribution in [0.5, 0.6) is 5.75 Å². The molecule has 2 heterocycles. The van der Waals surface area contributed by atoms with Crippen molar-refractivity contribution in [3.8, 4) is 16.9 Å². The zero-order valence-corrected chi connectivity index (χ0v) is 18.1. The van der Waals surface area contributed by atoms with Crippen LogP contribution in [0.2, 0.25) is 0 Å². The van der Waals surface area contributed by atoms with Gasteiger partial charge in [0, 0.05) is 29.0 Å². The maximum Gasteiger partial charge on any atom is 0.433 e. The maximum atomic E-state index is 13.7. The number of ether oxygens (including phenoxy) is 1. The van der Waals surface area contributed by atoms with Gasteiger partial charge in [-0.3, -0.25) is 19.5 Å². The van der Waals surface area contributed by atoms with E-state index in [1.54, 1.807) is 0 Å². The Labute approximate surface area is 198 Å². The highest BCUT2D eigenvalue weighted by atomic mass is 19.4. The highest BCUT2D eigenvalue weighted by Gasteiger charge is 2.40. The summed E-state index contributed by atoms with van der Waals surface area (Å²) in [7, 11) is 1.22. The van der Waals surface area contributed by atoms with Gasteiger partial charge in [0.15, 0.2) is 0 Å². The first-order valence-corrected chi connectivity index (χ1v) is 9.77.